The molecule has 2 N–H and O–H groups in total. The van der Waals surface area contributed by atoms with E-state index in [-0.39, 0.29) is 18.6 Å². The van der Waals surface area contributed by atoms with Crippen LogP contribution in [-0.2, 0) is 4.79 Å². The van der Waals surface area contributed by atoms with Crippen LogP contribution in [0, 0.1) is 0 Å². The van der Waals surface area contributed by atoms with Gasteiger partial charge in [-0.05, 0) is 13.3 Å². The van der Waals surface area contributed by atoms with Crippen LogP contribution in [0.1, 0.15) is 26.7 Å². The van der Waals surface area contributed by atoms with Gasteiger partial charge in [0.25, 0.3) is 0 Å². The fourth-order valence-electron chi connectivity index (χ4n) is 1.44. The third kappa shape index (κ3) is 5.88. The van der Waals surface area contributed by atoms with Crippen molar-refractivity contribution >= 4 is 5.91 Å². The van der Waals surface area contributed by atoms with Gasteiger partial charge < -0.3 is 10.4 Å². The molecule has 0 rings (SSSR count). The molecular weight excluding hydrogens is 204 g/mol. The van der Waals surface area contributed by atoms with E-state index in [2.05, 4.69) is 18.8 Å². The zero-order valence-electron chi connectivity index (χ0n) is 10.4. The normalized spacial score (nSPS) is 12.5. The maximum atomic E-state index is 11.7. The van der Waals surface area contributed by atoms with Crippen molar-refractivity contribution in [3.8, 4) is 0 Å². The average molecular weight is 228 g/mol. The van der Waals surface area contributed by atoms with E-state index in [1.54, 1.807) is 6.08 Å². The van der Waals surface area contributed by atoms with Gasteiger partial charge in [-0.3, -0.25) is 9.69 Å². The van der Waals surface area contributed by atoms with Crippen LogP contribution in [0.15, 0.2) is 12.7 Å². The Balaban J connectivity index is 4.08. The first-order valence-electron chi connectivity index (χ1n) is 5.90. The second kappa shape index (κ2) is 9.36. The Bertz CT molecular complexity index is 207. The zero-order valence-corrected chi connectivity index (χ0v) is 10.4. The molecule has 0 aliphatic heterocycles. The summed E-state index contributed by atoms with van der Waals surface area (Å²) < 4.78 is 0. The third-order valence-corrected chi connectivity index (χ3v) is 2.51. The van der Waals surface area contributed by atoms with Crippen molar-refractivity contribution in [1.29, 1.82) is 0 Å². The molecule has 1 amide bonds. The number of nitrogens with one attached hydrogen (secondary N) is 1. The lowest BCUT2D eigenvalue weighted by atomic mass is 10.2. The van der Waals surface area contributed by atoms with Gasteiger partial charge in [0.1, 0.15) is 0 Å². The van der Waals surface area contributed by atoms with E-state index in [1.165, 1.54) is 0 Å². The van der Waals surface area contributed by atoms with Gasteiger partial charge in [-0.15, -0.1) is 6.58 Å². The number of hydrogen-bond donors (Lipinski definition) is 2. The Morgan fingerprint density at radius 3 is 2.81 bits per heavy atom. The van der Waals surface area contributed by atoms with Gasteiger partial charge in [0.2, 0.25) is 5.91 Å². The van der Waals surface area contributed by atoms with Crippen molar-refractivity contribution < 1.29 is 9.90 Å². The number of carbonyl (C=O) groups excluding carboxylic acids is 1. The van der Waals surface area contributed by atoms with Crippen LogP contribution in [0.25, 0.3) is 0 Å². The molecule has 1 unspecified atom stereocenters. The SMILES string of the molecule is C=CCN(CCO)C(C)C(=O)NCCCC. The van der Waals surface area contributed by atoms with E-state index in [4.69, 9.17) is 5.11 Å². The summed E-state index contributed by atoms with van der Waals surface area (Å²) in [6, 6.07) is -0.220. The van der Waals surface area contributed by atoms with E-state index in [0.29, 0.717) is 13.1 Å². The van der Waals surface area contributed by atoms with Gasteiger partial charge in [0, 0.05) is 19.6 Å². The average Bonchev–Trinajstić information content (AvgIpc) is 2.28. The smallest absolute Gasteiger partial charge is 0.237 e. The monoisotopic (exact) mass is 228 g/mol. The molecule has 0 aromatic carbocycles. The Kier molecular flexibility index (Phi) is 8.85. The molecule has 0 aliphatic rings. The van der Waals surface area contributed by atoms with Gasteiger partial charge in [-0.1, -0.05) is 19.4 Å². The largest absolute Gasteiger partial charge is 0.395 e. The fourth-order valence-corrected chi connectivity index (χ4v) is 1.44. The molecule has 4 nitrogen and oxygen atoms in total. The minimum atomic E-state index is -0.220. The minimum Gasteiger partial charge on any atom is -0.395 e. The number of nitrogens with zero attached hydrogens (tertiary/aromatic N) is 1. The molecule has 1 atom stereocenters. The molecule has 0 spiro atoms. The first kappa shape index (κ1) is 15.1. The summed E-state index contributed by atoms with van der Waals surface area (Å²) in [5, 5.41) is 11.8. The van der Waals surface area contributed by atoms with Crippen LogP contribution >= 0.6 is 0 Å². The number of aliphatic hydroxyl groups is 1. The molecule has 16 heavy (non-hydrogen) atoms. The predicted molar refractivity (Wildman–Crippen MR) is 66.2 cm³/mol. The Morgan fingerprint density at radius 2 is 2.31 bits per heavy atom. The van der Waals surface area contributed by atoms with Crippen molar-refractivity contribution in [2.75, 3.05) is 26.2 Å². The van der Waals surface area contributed by atoms with E-state index in [1.807, 2.05) is 11.8 Å². The van der Waals surface area contributed by atoms with Crippen molar-refractivity contribution in [3.05, 3.63) is 12.7 Å². The summed E-state index contributed by atoms with van der Waals surface area (Å²) in [5.74, 6) is 0.0174. The van der Waals surface area contributed by atoms with Gasteiger partial charge in [-0.2, -0.15) is 0 Å². The number of amides is 1. The zero-order chi connectivity index (χ0) is 12.4. The van der Waals surface area contributed by atoms with Gasteiger partial charge in [0.15, 0.2) is 0 Å². The first-order chi connectivity index (χ1) is 7.67. The molecule has 4 heteroatoms. The van der Waals surface area contributed by atoms with Crippen LogP contribution in [0.4, 0.5) is 0 Å². The third-order valence-electron chi connectivity index (χ3n) is 2.51. The Labute approximate surface area is 98.3 Å². The number of unbranched alkanes of at least 4 members (excludes halogenated alkanes) is 1. The highest BCUT2D eigenvalue weighted by molar-refractivity contribution is 5.81. The summed E-state index contributed by atoms with van der Waals surface area (Å²) in [5.41, 5.74) is 0. The molecule has 0 saturated heterocycles. The Hall–Kier alpha value is -0.870. The number of carbonyl (C=O) groups is 1. The lowest BCUT2D eigenvalue weighted by Gasteiger charge is -2.26. The number of rotatable bonds is 9. The number of hydrogen-bond acceptors (Lipinski definition) is 3. The molecule has 0 bridgehead atoms. The van der Waals surface area contributed by atoms with E-state index in [9.17, 15) is 4.79 Å². The quantitative estimate of drug-likeness (QED) is 0.453. The predicted octanol–water partition coefficient (Wildman–Crippen LogP) is 0.771. The molecule has 0 heterocycles. The summed E-state index contributed by atoms with van der Waals surface area (Å²) in [7, 11) is 0. The highest BCUT2D eigenvalue weighted by Crippen LogP contribution is 1.99. The lowest BCUT2D eigenvalue weighted by molar-refractivity contribution is -0.125. The van der Waals surface area contributed by atoms with E-state index < -0.39 is 0 Å². The maximum absolute atomic E-state index is 11.7. The van der Waals surface area contributed by atoms with Crippen molar-refractivity contribution in [2.45, 2.75) is 32.7 Å². The first-order valence-corrected chi connectivity index (χ1v) is 5.90. The molecule has 0 aromatic heterocycles. The maximum Gasteiger partial charge on any atom is 0.237 e. The topological polar surface area (TPSA) is 52.6 Å². The van der Waals surface area contributed by atoms with Crippen molar-refractivity contribution in [1.82, 2.24) is 10.2 Å². The Morgan fingerprint density at radius 1 is 1.62 bits per heavy atom. The molecule has 0 aromatic rings. The van der Waals surface area contributed by atoms with Crippen LogP contribution in [0.3, 0.4) is 0 Å². The number of aliphatic hydroxyl groups excluding tert-OH is 1. The fraction of sp³-hybridized carbons (Fsp3) is 0.750. The van der Waals surface area contributed by atoms with Crippen LogP contribution < -0.4 is 5.32 Å². The second-order valence-electron chi connectivity index (χ2n) is 3.83. The van der Waals surface area contributed by atoms with Crippen LogP contribution in [0.2, 0.25) is 0 Å². The lowest BCUT2D eigenvalue weighted by Crippen LogP contribution is -2.46. The second-order valence-corrected chi connectivity index (χ2v) is 3.83. The molecule has 0 fully saturated rings. The summed E-state index contributed by atoms with van der Waals surface area (Å²) in [6.07, 6.45) is 3.81. The molecule has 94 valence electrons. The highest BCUT2D eigenvalue weighted by atomic mass is 16.3. The van der Waals surface area contributed by atoms with Gasteiger partial charge in [-0.25, -0.2) is 0 Å². The molecule has 0 saturated carbocycles. The summed E-state index contributed by atoms with van der Waals surface area (Å²) >= 11 is 0. The minimum absolute atomic E-state index is 0.0174. The molecule has 0 aliphatic carbocycles. The van der Waals surface area contributed by atoms with E-state index >= 15 is 0 Å². The van der Waals surface area contributed by atoms with Crippen LogP contribution in [-0.4, -0.2) is 48.2 Å². The van der Waals surface area contributed by atoms with Crippen molar-refractivity contribution in [3.63, 3.8) is 0 Å². The van der Waals surface area contributed by atoms with Gasteiger partial charge >= 0.3 is 0 Å². The molecule has 0 radical (unpaired) electrons. The molecular formula is C12H24N2O2. The van der Waals surface area contributed by atoms with Crippen LogP contribution in [0.5, 0.6) is 0 Å². The summed E-state index contributed by atoms with van der Waals surface area (Å²) in [6.45, 7) is 9.47. The van der Waals surface area contributed by atoms with Gasteiger partial charge in [0.05, 0.1) is 12.6 Å². The standard InChI is InChI=1S/C12H24N2O2/c1-4-6-7-13-12(16)11(3)14(8-5-2)9-10-15/h5,11,15H,2,4,6-10H2,1,3H3,(H,13,16). The van der Waals surface area contributed by atoms with E-state index in [0.717, 1.165) is 19.4 Å². The van der Waals surface area contributed by atoms with Crippen molar-refractivity contribution in [2.24, 2.45) is 0 Å². The summed E-state index contributed by atoms with van der Waals surface area (Å²) in [4.78, 5) is 13.6. The highest BCUT2D eigenvalue weighted by Gasteiger charge is 2.18.